The predicted octanol–water partition coefficient (Wildman–Crippen LogP) is 4.09. The molecule has 0 N–H and O–H groups in total. The first-order valence-electron chi connectivity index (χ1n) is 9.85. The summed E-state index contributed by atoms with van der Waals surface area (Å²) in [6.45, 7) is 6.17. The van der Waals surface area contributed by atoms with Gasteiger partial charge in [-0.05, 0) is 56.3 Å². The monoisotopic (exact) mass is 348 g/mol. The number of benzene rings is 2. The normalized spacial score (nSPS) is 21.9. The van der Waals surface area contributed by atoms with Crippen LogP contribution in [0.15, 0.2) is 54.6 Å². The Hall–Kier alpha value is -2.13. The van der Waals surface area contributed by atoms with Crippen molar-refractivity contribution in [3.63, 3.8) is 0 Å². The minimum atomic E-state index is 0.187. The van der Waals surface area contributed by atoms with Crippen molar-refractivity contribution >= 4 is 5.91 Å². The van der Waals surface area contributed by atoms with E-state index in [1.54, 1.807) is 0 Å². The maximum Gasteiger partial charge on any atom is 0.253 e. The Morgan fingerprint density at radius 2 is 1.58 bits per heavy atom. The lowest BCUT2D eigenvalue weighted by atomic mass is 9.98. The number of nitrogens with zero attached hydrogens (tertiary/aromatic N) is 2. The lowest BCUT2D eigenvalue weighted by Gasteiger charge is -2.37. The summed E-state index contributed by atoms with van der Waals surface area (Å²) in [5, 5.41) is 0. The Kier molecular flexibility index (Phi) is 5.07. The van der Waals surface area contributed by atoms with Gasteiger partial charge in [0.2, 0.25) is 0 Å². The van der Waals surface area contributed by atoms with Crippen LogP contribution in [0.5, 0.6) is 0 Å². The van der Waals surface area contributed by atoms with Gasteiger partial charge in [-0.1, -0.05) is 48.0 Å². The van der Waals surface area contributed by atoms with Gasteiger partial charge < -0.3 is 4.90 Å². The second kappa shape index (κ2) is 7.63. The molecule has 26 heavy (non-hydrogen) atoms. The van der Waals surface area contributed by atoms with E-state index in [0.29, 0.717) is 12.0 Å². The van der Waals surface area contributed by atoms with Crippen LogP contribution in [0.3, 0.4) is 0 Å². The van der Waals surface area contributed by atoms with Gasteiger partial charge in [-0.2, -0.15) is 0 Å². The van der Waals surface area contributed by atoms with E-state index in [0.717, 1.165) is 31.5 Å². The van der Waals surface area contributed by atoms with Gasteiger partial charge in [0.25, 0.3) is 5.91 Å². The van der Waals surface area contributed by atoms with E-state index in [-0.39, 0.29) is 5.91 Å². The van der Waals surface area contributed by atoms with Gasteiger partial charge in [-0.15, -0.1) is 0 Å². The molecule has 2 aromatic rings. The third-order valence-corrected chi connectivity index (χ3v) is 6.06. The molecule has 2 fully saturated rings. The number of rotatable bonds is 3. The van der Waals surface area contributed by atoms with Gasteiger partial charge in [-0.25, -0.2) is 0 Å². The molecule has 0 bridgehead atoms. The number of hydrogen-bond acceptors (Lipinski definition) is 2. The van der Waals surface area contributed by atoms with Gasteiger partial charge in [0, 0.05) is 31.2 Å². The highest BCUT2D eigenvalue weighted by atomic mass is 16.2. The molecule has 4 rings (SSSR count). The number of piperidine rings is 1. The van der Waals surface area contributed by atoms with Crippen LogP contribution in [-0.2, 0) is 0 Å². The molecule has 1 atom stereocenters. The molecule has 3 heteroatoms. The third-order valence-electron chi connectivity index (χ3n) is 6.06. The average Bonchev–Trinajstić information content (AvgIpc) is 3.19. The minimum Gasteiger partial charge on any atom is -0.339 e. The zero-order valence-electron chi connectivity index (χ0n) is 15.6. The first-order chi connectivity index (χ1) is 12.7. The molecule has 0 saturated carbocycles. The first kappa shape index (κ1) is 17.3. The van der Waals surface area contributed by atoms with Gasteiger partial charge in [0.1, 0.15) is 0 Å². The molecule has 2 heterocycles. The molecule has 2 aliphatic rings. The highest BCUT2D eigenvalue weighted by Crippen LogP contribution is 2.31. The second-order valence-electron chi connectivity index (χ2n) is 7.78. The summed E-state index contributed by atoms with van der Waals surface area (Å²) in [5.41, 5.74) is 3.49. The van der Waals surface area contributed by atoms with E-state index < -0.39 is 0 Å². The van der Waals surface area contributed by atoms with Crippen LogP contribution in [0.25, 0.3) is 0 Å². The molecule has 0 radical (unpaired) electrons. The number of likely N-dealkylation sites (tertiary alicyclic amines) is 2. The van der Waals surface area contributed by atoms with E-state index in [1.165, 1.54) is 30.6 Å². The van der Waals surface area contributed by atoms with Crippen molar-refractivity contribution in [1.82, 2.24) is 9.80 Å². The van der Waals surface area contributed by atoms with Crippen molar-refractivity contribution in [1.29, 1.82) is 0 Å². The van der Waals surface area contributed by atoms with Crippen LogP contribution >= 0.6 is 0 Å². The Morgan fingerprint density at radius 3 is 2.27 bits per heavy atom. The van der Waals surface area contributed by atoms with E-state index in [1.807, 2.05) is 29.2 Å². The van der Waals surface area contributed by atoms with Crippen LogP contribution in [0.1, 0.15) is 46.7 Å². The van der Waals surface area contributed by atoms with Crippen molar-refractivity contribution in [2.24, 2.45) is 0 Å². The SMILES string of the molecule is Cc1ccc(C(=O)N2CCC(N3CCC(c4ccccc4)C3)CC2)cc1. The van der Waals surface area contributed by atoms with Gasteiger partial charge >= 0.3 is 0 Å². The average molecular weight is 348 g/mol. The zero-order valence-corrected chi connectivity index (χ0v) is 15.6. The minimum absolute atomic E-state index is 0.187. The van der Waals surface area contributed by atoms with Crippen LogP contribution in [0, 0.1) is 6.92 Å². The molecule has 2 saturated heterocycles. The molecule has 3 nitrogen and oxygen atoms in total. The lowest BCUT2D eigenvalue weighted by Crippen LogP contribution is -2.46. The van der Waals surface area contributed by atoms with Crippen molar-refractivity contribution < 1.29 is 4.79 Å². The van der Waals surface area contributed by atoms with E-state index >= 15 is 0 Å². The molecule has 2 aliphatic heterocycles. The zero-order chi connectivity index (χ0) is 17.9. The first-order valence-corrected chi connectivity index (χ1v) is 9.85. The topological polar surface area (TPSA) is 23.6 Å². The molecule has 0 aliphatic carbocycles. The summed E-state index contributed by atoms with van der Waals surface area (Å²) < 4.78 is 0. The lowest BCUT2D eigenvalue weighted by molar-refractivity contribution is 0.0643. The van der Waals surface area contributed by atoms with Crippen LogP contribution < -0.4 is 0 Å². The standard InChI is InChI=1S/C23H28N2O/c1-18-7-9-20(10-8-18)23(26)24-15-12-22(13-16-24)25-14-11-21(17-25)19-5-3-2-4-6-19/h2-10,21-22H,11-17H2,1H3. The molecule has 1 amide bonds. The fourth-order valence-corrected chi connectivity index (χ4v) is 4.43. The van der Waals surface area contributed by atoms with Gasteiger partial charge in [0.05, 0.1) is 0 Å². The van der Waals surface area contributed by atoms with E-state index in [4.69, 9.17) is 0 Å². The van der Waals surface area contributed by atoms with E-state index in [2.05, 4.69) is 42.2 Å². The van der Waals surface area contributed by atoms with E-state index in [9.17, 15) is 4.79 Å². The molecule has 0 spiro atoms. The molecular weight excluding hydrogens is 320 g/mol. The maximum absolute atomic E-state index is 12.7. The highest BCUT2D eigenvalue weighted by Gasteiger charge is 2.32. The third kappa shape index (κ3) is 3.68. The van der Waals surface area contributed by atoms with Crippen LogP contribution in [0.4, 0.5) is 0 Å². The Bertz CT molecular complexity index is 733. The summed E-state index contributed by atoms with van der Waals surface area (Å²) in [6.07, 6.45) is 3.45. The van der Waals surface area contributed by atoms with Crippen molar-refractivity contribution in [3.8, 4) is 0 Å². The summed E-state index contributed by atoms with van der Waals surface area (Å²) in [6, 6.07) is 19.5. The molecule has 2 aromatic carbocycles. The van der Waals surface area contributed by atoms with Crippen LogP contribution in [0.2, 0.25) is 0 Å². The molecular formula is C23H28N2O. The number of carbonyl (C=O) groups is 1. The Labute approximate surface area is 156 Å². The van der Waals surface area contributed by atoms with Crippen molar-refractivity contribution in [3.05, 3.63) is 71.3 Å². The summed E-state index contributed by atoms with van der Waals surface area (Å²) in [7, 11) is 0. The van der Waals surface area contributed by atoms with Crippen LogP contribution in [-0.4, -0.2) is 47.9 Å². The number of amides is 1. The second-order valence-corrected chi connectivity index (χ2v) is 7.78. The predicted molar refractivity (Wildman–Crippen MR) is 105 cm³/mol. The molecule has 136 valence electrons. The summed E-state index contributed by atoms with van der Waals surface area (Å²) in [4.78, 5) is 17.4. The largest absolute Gasteiger partial charge is 0.339 e. The maximum atomic E-state index is 12.7. The van der Waals surface area contributed by atoms with Crippen molar-refractivity contribution in [2.75, 3.05) is 26.2 Å². The quantitative estimate of drug-likeness (QED) is 0.834. The van der Waals surface area contributed by atoms with Gasteiger partial charge in [0.15, 0.2) is 0 Å². The summed E-state index contributed by atoms with van der Waals surface area (Å²) >= 11 is 0. The van der Waals surface area contributed by atoms with Crippen molar-refractivity contribution in [2.45, 2.75) is 38.1 Å². The van der Waals surface area contributed by atoms with Gasteiger partial charge in [-0.3, -0.25) is 9.69 Å². The molecule has 0 aromatic heterocycles. The number of aryl methyl sites for hydroxylation is 1. The fourth-order valence-electron chi connectivity index (χ4n) is 4.43. The number of carbonyl (C=O) groups excluding carboxylic acids is 1. The summed E-state index contributed by atoms with van der Waals surface area (Å²) in [5.74, 6) is 0.857. The Balaban J connectivity index is 1.31. The smallest absolute Gasteiger partial charge is 0.253 e. The molecule has 1 unspecified atom stereocenters. The highest BCUT2D eigenvalue weighted by molar-refractivity contribution is 5.94. The Morgan fingerprint density at radius 1 is 0.885 bits per heavy atom. The number of hydrogen-bond donors (Lipinski definition) is 0. The fraction of sp³-hybridized carbons (Fsp3) is 0.435.